The van der Waals surface area contributed by atoms with Gasteiger partial charge in [0, 0.05) is 12.7 Å². The zero-order valence-corrected chi connectivity index (χ0v) is 12.6. The number of nitrogens with two attached hydrogens (primary N) is 1. The van der Waals surface area contributed by atoms with Crippen molar-refractivity contribution in [3.63, 3.8) is 0 Å². The second-order valence-corrected chi connectivity index (χ2v) is 5.01. The standard InChI is InChI=1S/C15H21N5O/c1-11(2)21-14-6-4-12(5-7-14)19-15(16)18-9-13-8-17-10-20(13)3/h4-8,10-11H,9H2,1-3H3,(H3,16,18,19). The molecule has 6 heteroatoms. The number of guanidine groups is 1. The van der Waals surface area contributed by atoms with E-state index in [9.17, 15) is 0 Å². The molecule has 6 nitrogen and oxygen atoms in total. The van der Waals surface area contributed by atoms with Gasteiger partial charge in [-0.05, 0) is 38.1 Å². The van der Waals surface area contributed by atoms with Crippen LogP contribution < -0.4 is 15.8 Å². The van der Waals surface area contributed by atoms with Crippen molar-refractivity contribution in [1.29, 1.82) is 0 Å². The van der Waals surface area contributed by atoms with Crippen LogP contribution in [-0.2, 0) is 13.6 Å². The van der Waals surface area contributed by atoms with Gasteiger partial charge in [-0.1, -0.05) is 0 Å². The Hall–Kier alpha value is -2.50. The van der Waals surface area contributed by atoms with E-state index in [-0.39, 0.29) is 6.10 Å². The van der Waals surface area contributed by atoms with Gasteiger partial charge in [0.25, 0.3) is 0 Å². The Morgan fingerprint density at radius 3 is 2.67 bits per heavy atom. The molecular formula is C15H21N5O. The number of hydrogen-bond acceptors (Lipinski definition) is 3. The van der Waals surface area contributed by atoms with Crippen LogP contribution in [0, 0.1) is 0 Å². The Morgan fingerprint density at radius 1 is 1.38 bits per heavy atom. The van der Waals surface area contributed by atoms with Gasteiger partial charge in [0.05, 0.1) is 30.9 Å². The summed E-state index contributed by atoms with van der Waals surface area (Å²) < 4.78 is 7.50. The van der Waals surface area contributed by atoms with Gasteiger partial charge in [-0.3, -0.25) is 0 Å². The molecule has 3 N–H and O–H groups in total. The molecule has 0 unspecified atom stereocenters. The Morgan fingerprint density at radius 2 is 2.10 bits per heavy atom. The fourth-order valence-corrected chi connectivity index (χ4v) is 1.78. The highest BCUT2D eigenvalue weighted by molar-refractivity contribution is 5.92. The minimum Gasteiger partial charge on any atom is -0.491 e. The zero-order chi connectivity index (χ0) is 15.2. The maximum Gasteiger partial charge on any atom is 0.193 e. The third kappa shape index (κ3) is 4.52. The van der Waals surface area contributed by atoms with E-state index in [2.05, 4.69) is 15.3 Å². The third-order valence-corrected chi connectivity index (χ3v) is 2.83. The molecule has 0 aliphatic heterocycles. The predicted molar refractivity (Wildman–Crippen MR) is 84.4 cm³/mol. The Kier molecular flexibility index (Phi) is 4.81. The Bertz CT molecular complexity index is 601. The summed E-state index contributed by atoms with van der Waals surface area (Å²) in [5.41, 5.74) is 7.74. The molecule has 0 radical (unpaired) electrons. The van der Waals surface area contributed by atoms with Crippen LogP contribution in [0.1, 0.15) is 19.5 Å². The van der Waals surface area contributed by atoms with Crippen molar-refractivity contribution >= 4 is 11.6 Å². The Balaban J connectivity index is 1.93. The molecule has 1 heterocycles. The molecule has 1 aromatic carbocycles. The fraction of sp³-hybridized carbons (Fsp3) is 0.333. The van der Waals surface area contributed by atoms with Gasteiger partial charge in [0.2, 0.25) is 0 Å². The zero-order valence-electron chi connectivity index (χ0n) is 12.6. The number of aliphatic imine (C=N–C) groups is 1. The minimum absolute atomic E-state index is 0.161. The number of aryl methyl sites for hydroxylation is 1. The number of benzene rings is 1. The lowest BCUT2D eigenvalue weighted by Crippen LogP contribution is -2.22. The number of rotatable bonds is 5. The first-order chi connectivity index (χ1) is 10.0. The SMILES string of the molecule is CC(C)Oc1ccc(NC(N)=NCc2cncn2C)cc1. The maximum absolute atomic E-state index is 5.87. The van der Waals surface area contributed by atoms with Crippen LogP contribution >= 0.6 is 0 Å². The van der Waals surface area contributed by atoms with Gasteiger partial charge < -0.3 is 20.4 Å². The molecule has 0 aliphatic rings. The number of ether oxygens (including phenoxy) is 1. The summed E-state index contributed by atoms with van der Waals surface area (Å²) in [5, 5.41) is 3.05. The van der Waals surface area contributed by atoms with Crippen molar-refractivity contribution in [3.8, 4) is 5.75 Å². The normalized spacial score (nSPS) is 11.7. The average molecular weight is 287 g/mol. The van der Waals surface area contributed by atoms with Crippen LogP contribution in [-0.4, -0.2) is 21.6 Å². The molecule has 0 atom stereocenters. The van der Waals surface area contributed by atoms with Crippen molar-refractivity contribution in [2.24, 2.45) is 17.8 Å². The molecule has 0 saturated carbocycles. The van der Waals surface area contributed by atoms with Gasteiger partial charge in [-0.15, -0.1) is 0 Å². The molecule has 1 aromatic heterocycles. The molecule has 0 bridgehead atoms. The van der Waals surface area contributed by atoms with E-state index in [4.69, 9.17) is 10.5 Å². The van der Waals surface area contributed by atoms with Crippen molar-refractivity contribution < 1.29 is 4.74 Å². The lowest BCUT2D eigenvalue weighted by atomic mass is 10.3. The van der Waals surface area contributed by atoms with E-state index >= 15 is 0 Å². The van der Waals surface area contributed by atoms with Crippen LogP contribution in [0.3, 0.4) is 0 Å². The van der Waals surface area contributed by atoms with E-state index < -0.39 is 0 Å². The van der Waals surface area contributed by atoms with Gasteiger partial charge in [-0.2, -0.15) is 0 Å². The van der Waals surface area contributed by atoms with Crippen molar-refractivity contribution in [2.75, 3.05) is 5.32 Å². The molecule has 21 heavy (non-hydrogen) atoms. The molecule has 0 fully saturated rings. The summed E-state index contributed by atoms with van der Waals surface area (Å²) in [5.74, 6) is 1.20. The number of hydrogen-bond donors (Lipinski definition) is 2. The smallest absolute Gasteiger partial charge is 0.193 e. The summed E-state index contributed by atoms with van der Waals surface area (Å²) in [6, 6.07) is 7.61. The highest BCUT2D eigenvalue weighted by atomic mass is 16.5. The molecule has 0 aliphatic carbocycles. The molecular weight excluding hydrogens is 266 g/mol. The number of aromatic nitrogens is 2. The molecule has 0 spiro atoms. The molecule has 2 aromatic rings. The van der Waals surface area contributed by atoms with Crippen LogP contribution in [0.5, 0.6) is 5.75 Å². The quantitative estimate of drug-likeness (QED) is 0.652. The average Bonchev–Trinajstić information content (AvgIpc) is 2.84. The van der Waals surface area contributed by atoms with Gasteiger partial charge >= 0.3 is 0 Å². The van der Waals surface area contributed by atoms with Crippen molar-refractivity contribution in [2.45, 2.75) is 26.5 Å². The molecule has 0 saturated heterocycles. The second kappa shape index (κ2) is 6.78. The van der Waals surface area contributed by atoms with Crippen LogP contribution in [0.4, 0.5) is 5.69 Å². The maximum atomic E-state index is 5.87. The fourth-order valence-electron chi connectivity index (χ4n) is 1.78. The van der Waals surface area contributed by atoms with Crippen molar-refractivity contribution in [1.82, 2.24) is 9.55 Å². The van der Waals surface area contributed by atoms with Crippen molar-refractivity contribution in [3.05, 3.63) is 42.5 Å². The number of anilines is 1. The van der Waals surface area contributed by atoms with E-state index in [1.165, 1.54) is 0 Å². The lowest BCUT2D eigenvalue weighted by molar-refractivity contribution is 0.242. The minimum atomic E-state index is 0.161. The second-order valence-electron chi connectivity index (χ2n) is 5.01. The Labute approximate surface area is 124 Å². The number of nitrogens with one attached hydrogen (secondary N) is 1. The number of nitrogens with zero attached hydrogens (tertiary/aromatic N) is 3. The third-order valence-electron chi connectivity index (χ3n) is 2.83. The lowest BCUT2D eigenvalue weighted by Gasteiger charge is -2.11. The van der Waals surface area contributed by atoms with E-state index in [1.54, 1.807) is 12.5 Å². The molecule has 2 rings (SSSR count). The molecule has 0 amide bonds. The highest BCUT2D eigenvalue weighted by Crippen LogP contribution is 2.16. The largest absolute Gasteiger partial charge is 0.491 e. The van der Waals surface area contributed by atoms with Crippen LogP contribution in [0.2, 0.25) is 0 Å². The van der Waals surface area contributed by atoms with Crippen LogP contribution in [0.25, 0.3) is 0 Å². The van der Waals surface area contributed by atoms with E-state index in [1.807, 2.05) is 49.7 Å². The summed E-state index contributed by atoms with van der Waals surface area (Å²) in [4.78, 5) is 8.32. The topological polar surface area (TPSA) is 77.5 Å². The monoisotopic (exact) mass is 287 g/mol. The summed E-state index contributed by atoms with van der Waals surface area (Å²) in [6.45, 7) is 4.48. The van der Waals surface area contributed by atoms with Crippen LogP contribution in [0.15, 0.2) is 41.8 Å². The predicted octanol–water partition coefficient (Wildman–Crippen LogP) is 2.13. The van der Waals surface area contributed by atoms with E-state index in [0.717, 1.165) is 17.1 Å². The first-order valence-electron chi connectivity index (χ1n) is 6.83. The summed E-state index contributed by atoms with van der Waals surface area (Å²) >= 11 is 0. The first kappa shape index (κ1) is 14.9. The van der Waals surface area contributed by atoms with Gasteiger partial charge in [0.15, 0.2) is 5.96 Å². The number of imidazole rings is 1. The summed E-state index contributed by atoms with van der Waals surface area (Å²) in [6.07, 6.45) is 3.67. The first-order valence-corrected chi connectivity index (χ1v) is 6.83. The summed E-state index contributed by atoms with van der Waals surface area (Å²) in [7, 11) is 1.93. The highest BCUT2D eigenvalue weighted by Gasteiger charge is 2.00. The van der Waals surface area contributed by atoms with E-state index in [0.29, 0.717) is 12.5 Å². The van der Waals surface area contributed by atoms with Gasteiger partial charge in [0.1, 0.15) is 5.75 Å². The van der Waals surface area contributed by atoms with Gasteiger partial charge in [-0.25, -0.2) is 9.98 Å². The molecule has 112 valence electrons.